The van der Waals surface area contributed by atoms with E-state index in [1.807, 2.05) is 18.2 Å². The Morgan fingerprint density at radius 3 is 2.00 bits per heavy atom. The summed E-state index contributed by atoms with van der Waals surface area (Å²) in [5.74, 6) is 0. The molecule has 5 aromatic rings. The van der Waals surface area contributed by atoms with Crippen molar-refractivity contribution in [2.45, 2.75) is 122 Å². The minimum Gasteiger partial charge on any atom is -1.00 e. The summed E-state index contributed by atoms with van der Waals surface area (Å²) < 4.78 is 34.5. The number of rotatable bonds is 11. The normalized spacial score (nSPS) is 19.4. The van der Waals surface area contributed by atoms with E-state index in [1.165, 1.54) is 55.5 Å². The molecule has 0 aromatic heterocycles. The number of allylic oxidation sites excluding steroid dienone is 7. The van der Waals surface area contributed by atoms with E-state index < -0.39 is 9.84 Å². The highest BCUT2D eigenvalue weighted by atomic mass is 79.9. The molecule has 0 bridgehead atoms. The summed E-state index contributed by atoms with van der Waals surface area (Å²) in [7, 11) is -3.85. The first kappa shape index (κ1) is 45.3. The average Bonchev–Trinajstić information content (AvgIpc) is 3.81. The van der Waals surface area contributed by atoms with Gasteiger partial charge in [-0.05, 0) is 146 Å². The summed E-state index contributed by atoms with van der Waals surface area (Å²) in [5, 5.41) is 4.92. The standard InChI is InChI=1S/C53H57Br2N2O2S.ClH/c1-9-14-34(3)56-45-28-20-38-32-40(54)24-26-43(38)49(45)52(5,6)47(56)30-22-36-18-19-37(51(36)60(58,59)42-16-12-11-13-17-42)23-31-48-53(7,8)50-44-27-25-41(55)33-39(44)21-29-46(50)57(48)35(4)15-10-2;/h11-13,16-17,20-35H,9-10,14-15,18-19H2,1-8H3;1H/q+1;/p-1. The van der Waals surface area contributed by atoms with Crippen molar-refractivity contribution in [1.29, 1.82) is 0 Å². The quantitative estimate of drug-likeness (QED) is 0.124. The third-order valence-corrected chi connectivity index (χ3v) is 16.2. The third kappa shape index (κ3) is 7.85. The van der Waals surface area contributed by atoms with E-state index in [0.717, 1.165) is 45.8 Å². The monoisotopic (exact) mass is 978 g/mol. The number of nitrogens with zero attached hydrogens (tertiary/aromatic N) is 2. The number of anilines is 1. The maximum Gasteiger partial charge on any atom is 0.210 e. The van der Waals surface area contributed by atoms with E-state index >= 15 is 0 Å². The molecule has 2 unspecified atom stereocenters. The minimum atomic E-state index is -3.85. The summed E-state index contributed by atoms with van der Waals surface area (Å²) in [5.41, 5.74) is 8.61. The van der Waals surface area contributed by atoms with Crippen molar-refractivity contribution >= 4 is 80.3 Å². The molecule has 0 N–H and O–H groups in total. The summed E-state index contributed by atoms with van der Waals surface area (Å²) in [4.78, 5) is 3.29. The number of sulfone groups is 1. The van der Waals surface area contributed by atoms with Crippen LogP contribution in [0.5, 0.6) is 0 Å². The van der Waals surface area contributed by atoms with Crippen molar-refractivity contribution in [3.05, 3.63) is 157 Å². The molecule has 0 amide bonds. The van der Waals surface area contributed by atoms with Gasteiger partial charge in [0.25, 0.3) is 0 Å². The average molecular weight is 981 g/mol. The first-order valence-electron chi connectivity index (χ1n) is 21.7. The van der Waals surface area contributed by atoms with E-state index in [4.69, 9.17) is 0 Å². The lowest BCUT2D eigenvalue weighted by atomic mass is 9.79. The summed E-state index contributed by atoms with van der Waals surface area (Å²) >= 11 is 7.38. The molecule has 0 radical (unpaired) electrons. The van der Waals surface area contributed by atoms with Gasteiger partial charge in [-0.1, -0.05) is 115 Å². The molecule has 4 nitrogen and oxygen atoms in total. The van der Waals surface area contributed by atoms with E-state index in [-0.39, 0.29) is 35.3 Å². The molecule has 1 aliphatic carbocycles. The predicted octanol–water partition coefficient (Wildman–Crippen LogP) is 12.0. The molecule has 318 valence electrons. The molecule has 8 heteroatoms. The van der Waals surface area contributed by atoms with Crippen LogP contribution in [0.25, 0.3) is 21.5 Å². The number of halogens is 3. The Balaban J connectivity index is 0.00000561. The van der Waals surface area contributed by atoms with Gasteiger partial charge in [0.15, 0.2) is 11.8 Å². The predicted molar refractivity (Wildman–Crippen MR) is 261 cm³/mol. The molecular weight excluding hydrogens is 924 g/mol. The van der Waals surface area contributed by atoms with Gasteiger partial charge in [0.05, 0.1) is 15.2 Å². The van der Waals surface area contributed by atoms with Crippen LogP contribution in [0.2, 0.25) is 0 Å². The van der Waals surface area contributed by atoms with Crippen molar-refractivity contribution in [2.75, 3.05) is 4.90 Å². The van der Waals surface area contributed by atoms with Crippen LogP contribution < -0.4 is 17.3 Å². The Bertz CT molecular complexity index is 2820. The van der Waals surface area contributed by atoms with Crippen LogP contribution in [0.3, 0.4) is 0 Å². The van der Waals surface area contributed by atoms with E-state index in [9.17, 15) is 8.42 Å². The van der Waals surface area contributed by atoms with Crippen molar-refractivity contribution in [3.63, 3.8) is 0 Å². The minimum absolute atomic E-state index is 0. The zero-order valence-electron chi connectivity index (χ0n) is 36.6. The second-order valence-corrected chi connectivity index (χ2v) is 21.8. The van der Waals surface area contributed by atoms with Gasteiger partial charge in [0.2, 0.25) is 15.5 Å². The Morgan fingerprint density at radius 1 is 0.738 bits per heavy atom. The van der Waals surface area contributed by atoms with Crippen LogP contribution in [0.1, 0.15) is 105 Å². The smallest absolute Gasteiger partial charge is 0.210 e. The van der Waals surface area contributed by atoms with Gasteiger partial charge in [0.1, 0.15) is 0 Å². The highest BCUT2D eigenvalue weighted by molar-refractivity contribution is 9.10. The topological polar surface area (TPSA) is 40.4 Å². The third-order valence-electron chi connectivity index (χ3n) is 13.2. The Hall–Kier alpha value is -3.75. The van der Waals surface area contributed by atoms with Crippen LogP contribution in [0.4, 0.5) is 11.4 Å². The lowest BCUT2D eigenvalue weighted by Gasteiger charge is -2.32. The number of benzene rings is 5. The molecule has 2 aliphatic heterocycles. The largest absolute Gasteiger partial charge is 1.00 e. The van der Waals surface area contributed by atoms with E-state index in [2.05, 4.69) is 182 Å². The fourth-order valence-corrected chi connectivity index (χ4v) is 13.0. The van der Waals surface area contributed by atoms with E-state index in [1.54, 1.807) is 12.1 Å². The van der Waals surface area contributed by atoms with Crippen LogP contribution in [-0.4, -0.2) is 30.8 Å². The molecule has 0 saturated carbocycles. The number of hydrogen-bond donors (Lipinski definition) is 0. The van der Waals surface area contributed by atoms with Gasteiger partial charge in [-0.2, -0.15) is 4.58 Å². The molecule has 61 heavy (non-hydrogen) atoms. The maximum absolute atomic E-state index is 14.9. The Kier molecular flexibility index (Phi) is 12.9. The van der Waals surface area contributed by atoms with Gasteiger partial charge < -0.3 is 17.3 Å². The lowest BCUT2D eigenvalue weighted by Crippen LogP contribution is -3.00. The van der Waals surface area contributed by atoms with Gasteiger partial charge in [-0.3, -0.25) is 0 Å². The molecular formula is C53H57Br2ClN2O2S. The first-order chi connectivity index (χ1) is 28.6. The number of fused-ring (bicyclic) bond motifs is 6. The molecule has 0 spiro atoms. The molecule has 0 fully saturated rings. The highest BCUT2D eigenvalue weighted by Gasteiger charge is 2.47. The molecule has 0 saturated heterocycles. The molecule has 3 aliphatic rings. The Labute approximate surface area is 386 Å². The highest BCUT2D eigenvalue weighted by Crippen LogP contribution is 2.53. The van der Waals surface area contributed by atoms with Crippen LogP contribution in [0, 0.1) is 0 Å². The van der Waals surface area contributed by atoms with Crippen LogP contribution >= 0.6 is 31.9 Å². The fourth-order valence-electron chi connectivity index (χ4n) is 10.5. The lowest BCUT2D eigenvalue weighted by molar-refractivity contribution is -0.478. The van der Waals surface area contributed by atoms with Crippen molar-refractivity contribution in [3.8, 4) is 0 Å². The molecule has 2 atom stereocenters. The van der Waals surface area contributed by atoms with Crippen LogP contribution in [-0.2, 0) is 20.7 Å². The first-order valence-corrected chi connectivity index (χ1v) is 24.7. The second-order valence-electron chi connectivity index (χ2n) is 18.0. The SMILES string of the molecule is CCCC(C)N1C(=CC=C2CCC(C=CC3=[N+](C(C)CCC)c4ccc5cc(Br)ccc5c4C3(C)C)=C2S(=O)(=O)c2ccccc2)C(C)(C)c2c1ccc1cc(Br)ccc21.[Cl-]. The Morgan fingerprint density at radius 2 is 1.36 bits per heavy atom. The second kappa shape index (κ2) is 17.4. The van der Waals surface area contributed by atoms with Gasteiger partial charge in [-0.25, -0.2) is 8.42 Å². The fraction of sp³-hybridized carbons (Fsp3) is 0.340. The number of hydrogen-bond acceptors (Lipinski definition) is 3. The zero-order chi connectivity index (χ0) is 42.7. The maximum atomic E-state index is 14.9. The molecule has 5 aromatic carbocycles. The van der Waals surface area contributed by atoms with Crippen molar-refractivity contribution < 1.29 is 25.4 Å². The van der Waals surface area contributed by atoms with Gasteiger partial charge >= 0.3 is 0 Å². The summed E-state index contributed by atoms with van der Waals surface area (Å²) in [6, 6.07) is 31.7. The zero-order valence-corrected chi connectivity index (χ0v) is 41.4. The molecule has 8 rings (SSSR count). The van der Waals surface area contributed by atoms with Crippen LogP contribution in [0.15, 0.2) is 151 Å². The summed E-state index contributed by atoms with van der Waals surface area (Å²) in [6.45, 7) is 18.4. The van der Waals surface area contributed by atoms with Crippen molar-refractivity contribution in [1.82, 2.24) is 0 Å². The van der Waals surface area contributed by atoms with Gasteiger partial charge in [0, 0.05) is 55.9 Å². The molecule has 2 heterocycles. The van der Waals surface area contributed by atoms with E-state index in [0.29, 0.717) is 22.6 Å². The van der Waals surface area contributed by atoms with Crippen molar-refractivity contribution in [2.24, 2.45) is 0 Å². The summed E-state index contributed by atoms with van der Waals surface area (Å²) in [6.07, 6.45) is 14.3. The van der Waals surface area contributed by atoms with Gasteiger partial charge in [-0.15, -0.1) is 0 Å².